The fourth-order valence-corrected chi connectivity index (χ4v) is 4.01. The Kier molecular flexibility index (Phi) is 6.02. The first kappa shape index (κ1) is 17.9. The molecule has 25 heavy (non-hydrogen) atoms. The average Bonchev–Trinajstić information content (AvgIpc) is 3.11. The molecule has 2 aromatic rings. The van der Waals surface area contributed by atoms with E-state index >= 15 is 0 Å². The van der Waals surface area contributed by atoms with Gasteiger partial charge < -0.3 is 10.2 Å². The molecule has 1 aliphatic rings. The zero-order chi connectivity index (χ0) is 17.6. The van der Waals surface area contributed by atoms with Crippen molar-refractivity contribution in [2.24, 2.45) is 5.92 Å². The van der Waals surface area contributed by atoms with Crippen LogP contribution in [0.1, 0.15) is 32.6 Å². The number of thiazole rings is 1. The second-order valence-electron chi connectivity index (χ2n) is 6.53. The van der Waals surface area contributed by atoms with Crippen LogP contribution in [-0.2, 0) is 4.79 Å². The van der Waals surface area contributed by atoms with E-state index < -0.39 is 0 Å². The van der Waals surface area contributed by atoms with Gasteiger partial charge in [-0.1, -0.05) is 6.92 Å². The van der Waals surface area contributed by atoms with E-state index in [-0.39, 0.29) is 11.7 Å². The molecule has 134 valence electrons. The fraction of sp³-hybridized carbons (Fsp3) is 0.474. The molecule has 6 heteroatoms. The topological polar surface area (TPSA) is 45.2 Å². The molecule has 2 heterocycles. The molecule has 1 amide bonds. The summed E-state index contributed by atoms with van der Waals surface area (Å²) in [5, 5.41) is 6.07. The van der Waals surface area contributed by atoms with Crippen molar-refractivity contribution in [2.75, 3.05) is 24.5 Å². The number of halogens is 1. The van der Waals surface area contributed by atoms with E-state index in [9.17, 15) is 9.18 Å². The Morgan fingerprint density at radius 1 is 1.40 bits per heavy atom. The summed E-state index contributed by atoms with van der Waals surface area (Å²) in [6.45, 7) is 4.67. The molecular formula is C19H24FN3OS. The van der Waals surface area contributed by atoms with Gasteiger partial charge in [0, 0.05) is 37.0 Å². The Bertz CT molecular complexity index is 701. The SMILES string of the molecule is CCCC(=O)NCC1CCCN(c2nc(-c3ccc(F)cc3)cs2)C1. The third kappa shape index (κ3) is 4.78. The first-order valence-corrected chi connectivity index (χ1v) is 9.76. The van der Waals surface area contributed by atoms with Crippen molar-refractivity contribution >= 4 is 22.4 Å². The Balaban J connectivity index is 1.60. The number of carbonyl (C=O) groups is 1. The van der Waals surface area contributed by atoms with Crippen molar-refractivity contribution in [1.29, 1.82) is 0 Å². The van der Waals surface area contributed by atoms with Crippen LogP contribution < -0.4 is 10.2 Å². The van der Waals surface area contributed by atoms with Gasteiger partial charge in [0.05, 0.1) is 5.69 Å². The predicted octanol–water partition coefficient (Wildman–Crippen LogP) is 4.08. The standard InChI is InChI=1S/C19H24FN3OS/c1-2-4-18(24)21-11-14-5-3-10-23(12-14)19-22-17(13-25-19)15-6-8-16(20)9-7-15/h6-9,13-14H,2-5,10-12H2,1H3,(H,21,24). The molecule has 0 saturated carbocycles. The maximum absolute atomic E-state index is 13.1. The largest absolute Gasteiger partial charge is 0.356 e. The summed E-state index contributed by atoms with van der Waals surface area (Å²) in [6, 6.07) is 6.45. The second kappa shape index (κ2) is 8.43. The summed E-state index contributed by atoms with van der Waals surface area (Å²) in [4.78, 5) is 18.7. The number of amides is 1. The molecule has 3 rings (SSSR count). The van der Waals surface area contributed by atoms with Crippen LogP contribution in [-0.4, -0.2) is 30.5 Å². The summed E-state index contributed by atoms with van der Waals surface area (Å²) in [7, 11) is 0. The molecule has 0 spiro atoms. The Morgan fingerprint density at radius 2 is 2.20 bits per heavy atom. The minimum absolute atomic E-state index is 0.146. The Labute approximate surface area is 152 Å². The minimum Gasteiger partial charge on any atom is -0.356 e. The van der Waals surface area contributed by atoms with E-state index in [1.54, 1.807) is 23.5 Å². The van der Waals surface area contributed by atoms with Gasteiger partial charge in [0.25, 0.3) is 0 Å². The normalized spacial score (nSPS) is 17.5. The number of hydrogen-bond donors (Lipinski definition) is 1. The summed E-state index contributed by atoms with van der Waals surface area (Å²) in [5.74, 6) is 0.378. The number of carbonyl (C=O) groups excluding carboxylic acids is 1. The van der Waals surface area contributed by atoms with E-state index in [0.717, 1.165) is 55.3 Å². The lowest BCUT2D eigenvalue weighted by Crippen LogP contribution is -2.40. The van der Waals surface area contributed by atoms with Gasteiger partial charge in [-0.25, -0.2) is 9.37 Å². The molecule has 1 aliphatic heterocycles. The van der Waals surface area contributed by atoms with Crippen LogP contribution >= 0.6 is 11.3 Å². The van der Waals surface area contributed by atoms with Gasteiger partial charge in [-0.2, -0.15) is 0 Å². The van der Waals surface area contributed by atoms with Crippen LogP contribution in [0.3, 0.4) is 0 Å². The molecule has 1 atom stereocenters. The van der Waals surface area contributed by atoms with Crippen LogP contribution in [0.15, 0.2) is 29.6 Å². The maximum atomic E-state index is 13.1. The summed E-state index contributed by atoms with van der Waals surface area (Å²) in [5.41, 5.74) is 1.82. The van der Waals surface area contributed by atoms with Gasteiger partial charge >= 0.3 is 0 Å². The number of anilines is 1. The number of hydrogen-bond acceptors (Lipinski definition) is 4. The first-order chi connectivity index (χ1) is 12.2. The summed E-state index contributed by atoms with van der Waals surface area (Å²) < 4.78 is 13.1. The molecule has 0 bridgehead atoms. The van der Waals surface area contributed by atoms with Gasteiger partial charge in [0.2, 0.25) is 5.91 Å². The third-order valence-corrected chi connectivity index (χ3v) is 5.39. The van der Waals surface area contributed by atoms with E-state index in [1.807, 2.05) is 12.3 Å². The lowest BCUT2D eigenvalue weighted by atomic mass is 9.98. The van der Waals surface area contributed by atoms with Crippen molar-refractivity contribution in [2.45, 2.75) is 32.6 Å². The van der Waals surface area contributed by atoms with Gasteiger partial charge in [0.1, 0.15) is 5.82 Å². The van der Waals surface area contributed by atoms with Gasteiger partial charge in [0.15, 0.2) is 5.13 Å². The number of rotatable bonds is 6. The van der Waals surface area contributed by atoms with E-state index in [2.05, 4.69) is 10.2 Å². The quantitative estimate of drug-likeness (QED) is 0.843. The van der Waals surface area contributed by atoms with Crippen molar-refractivity contribution < 1.29 is 9.18 Å². The lowest BCUT2D eigenvalue weighted by Gasteiger charge is -2.32. The van der Waals surface area contributed by atoms with E-state index in [0.29, 0.717) is 12.3 Å². The highest BCUT2D eigenvalue weighted by Gasteiger charge is 2.22. The Morgan fingerprint density at radius 3 is 2.96 bits per heavy atom. The van der Waals surface area contributed by atoms with Crippen molar-refractivity contribution in [3.63, 3.8) is 0 Å². The third-order valence-electron chi connectivity index (χ3n) is 4.49. The summed E-state index contributed by atoms with van der Waals surface area (Å²) in [6.07, 6.45) is 3.73. The number of benzene rings is 1. The molecule has 1 fully saturated rings. The molecule has 0 aliphatic carbocycles. The van der Waals surface area contributed by atoms with E-state index in [4.69, 9.17) is 4.98 Å². The molecular weight excluding hydrogens is 337 g/mol. The van der Waals surface area contributed by atoms with Crippen LogP contribution in [0.5, 0.6) is 0 Å². The molecule has 1 unspecified atom stereocenters. The molecule has 1 aromatic heterocycles. The summed E-state index contributed by atoms with van der Waals surface area (Å²) >= 11 is 1.62. The predicted molar refractivity (Wildman–Crippen MR) is 100 cm³/mol. The van der Waals surface area contributed by atoms with Crippen LogP contribution in [0.4, 0.5) is 9.52 Å². The fourth-order valence-electron chi connectivity index (χ4n) is 3.14. The van der Waals surface area contributed by atoms with Gasteiger partial charge in [-0.15, -0.1) is 11.3 Å². The van der Waals surface area contributed by atoms with Gasteiger partial charge in [-0.3, -0.25) is 4.79 Å². The zero-order valence-electron chi connectivity index (χ0n) is 14.5. The highest BCUT2D eigenvalue weighted by molar-refractivity contribution is 7.14. The van der Waals surface area contributed by atoms with Crippen LogP contribution in [0.2, 0.25) is 0 Å². The molecule has 0 radical (unpaired) electrons. The molecule has 1 aromatic carbocycles. The zero-order valence-corrected chi connectivity index (χ0v) is 15.3. The van der Waals surface area contributed by atoms with E-state index in [1.165, 1.54) is 12.1 Å². The number of nitrogens with zero attached hydrogens (tertiary/aromatic N) is 2. The molecule has 1 N–H and O–H groups in total. The maximum Gasteiger partial charge on any atom is 0.219 e. The molecule has 4 nitrogen and oxygen atoms in total. The van der Waals surface area contributed by atoms with Crippen molar-refractivity contribution in [3.8, 4) is 11.3 Å². The monoisotopic (exact) mass is 361 g/mol. The lowest BCUT2D eigenvalue weighted by molar-refractivity contribution is -0.121. The van der Waals surface area contributed by atoms with Crippen LogP contribution in [0.25, 0.3) is 11.3 Å². The smallest absolute Gasteiger partial charge is 0.219 e. The van der Waals surface area contributed by atoms with Crippen molar-refractivity contribution in [3.05, 3.63) is 35.5 Å². The average molecular weight is 361 g/mol. The highest BCUT2D eigenvalue weighted by Crippen LogP contribution is 2.30. The number of piperidine rings is 1. The molecule has 1 saturated heterocycles. The van der Waals surface area contributed by atoms with Crippen molar-refractivity contribution in [1.82, 2.24) is 10.3 Å². The minimum atomic E-state index is -0.233. The highest BCUT2D eigenvalue weighted by atomic mass is 32.1. The van der Waals surface area contributed by atoms with Gasteiger partial charge in [-0.05, 0) is 49.4 Å². The number of nitrogens with one attached hydrogen (secondary N) is 1. The van der Waals surface area contributed by atoms with Crippen LogP contribution in [0, 0.1) is 11.7 Å². The Hall–Kier alpha value is -1.95. The number of aromatic nitrogens is 1. The second-order valence-corrected chi connectivity index (χ2v) is 7.37. The first-order valence-electron chi connectivity index (χ1n) is 8.89.